The molecule has 1 aromatic carbocycles. The molecule has 0 aliphatic carbocycles. The summed E-state index contributed by atoms with van der Waals surface area (Å²) in [6.45, 7) is 0.433. The number of carbonyl (C=O) groups excluding carboxylic acids is 1. The molecular formula is C16H17FN6O. The van der Waals surface area contributed by atoms with Crippen molar-refractivity contribution < 1.29 is 9.18 Å². The number of halogens is 1. The summed E-state index contributed by atoms with van der Waals surface area (Å²) in [6, 6.07) is 5.58. The second-order valence-corrected chi connectivity index (χ2v) is 5.36. The standard InChI is InChI=1S/C16H17FN6O/c1-22-9-7-19-16(22)15(12-2-4-13(17)5-3-12)21-14(24)6-8-23-11-18-10-20-23/h2-5,7,9-11,15H,6,8H2,1H3,(H,21,24). The highest BCUT2D eigenvalue weighted by Gasteiger charge is 2.20. The number of carbonyl (C=O) groups is 1. The number of benzene rings is 1. The molecule has 7 nitrogen and oxygen atoms in total. The van der Waals surface area contributed by atoms with Crippen molar-refractivity contribution >= 4 is 5.91 Å². The van der Waals surface area contributed by atoms with E-state index in [0.29, 0.717) is 12.4 Å². The quantitative estimate of drug-likeness (QED) is 0.743. The Labute approximate surface area is 138 Å². The monoisotopic (exact) mass is 328 g/mol. The highest BCUT2D eigenvalue weighted by atomic mass is 19.1. The van der Waals surface area contributed by atoms with Gasteiger partial charge in [0.15, 0.2) is 0 Å². The van der Waals surface area contributed by atoms with Crippen molar-refractivity contribution in [1.82, 2.24) is 29.6 Å². The van der Waals surface area contributed by atoms with E-state index < -0.39 is 6.04 Å². The number of rotatable bonds is 6. The van der Waals surface area contributed by atoms with Crippen LogP contribution < -0.4 is 5.32 Å². The Bertz CT molecular complexity index is 796. The summed E-state index contributed by atoms with van der Waals surface area (Å²) in [5, 5.41) is 6.92. The van der Waals surface area contributed by atoms with Gasteiger partial charge in [-0.2, -0.15) is 5.10 Å². The first-order valence-electron chi connectivity index (χ1n) is 7.48. The molecule has 0 saturated carbocycles. The molecule has 1 unspecified atom stereocenters. The Kier molecular flexibility index (Phi) is 4.64. The maximum absolute atomic E-state index is 13.2. The molecule has 2 aromatic heterocycles. The molecule has 0 bridgehead atoms. The molecule has 0 aliphatic rings. The third-order valence-corrected chi connectivity index (χ3v) is 3.66. The minimum atomic E-state index is -0.450. The van der Waals surface area contributed by atoms with Crippen LogP contribution in [0, 0.1) is 5.82 Å². The fourth-order valence-electron chi connectivity index (χ4n) is 2.40. The van der Waals surface area contributed by atoms with Crippen molar-refractivity contribution in [3.05, 3.63) is 66.5 Å². The lowest BCUT2D eigenvalue weighted by molar-refractivity contribution is -0.121. The molecular weight excluding hydrogens is 311 g/mol. The van der Waals surface area contributed by atoms with E-state index in [1.807, 2.05) is 11.6 Å². The van der Waals surface area contributed by atoms with Crippen molar-refractivity contribution in [3.63, 3.8) is 0 Å². The first-order valence-corrected chi connectivity index (χ1v) is 7.48. The molecule has 0 aliphatic heterocycles. The van der Waals surface area contributed by atoms with E-state index in [2.05, 4.69) is 20.4 Å². The molecule has 1 amide bonds. The van der Waals surface area contributed by atoms with Gasteiger partial charge in [-0.3, -0.25) is 9.48 Å². The number of aryl methyl sites for hydroxylation is 2. The van der Waals surface area contributed by atoms with Crippen LogP contribution in [0.15, 0.2) is 49.3 Å². The Hall–Kier alpha value is -3.03. The van der Waals surface area contributed by atoms with Crippen molar-refractivity contribution in [1.29, 1.82) is 0 Å². The topological polar surface area (TPSA) is 77.6 Å². The number of hydrogen-bond acceptors (Lipinski definition) is 4. The van der Waals surface area contributed by atoms with Gasteiger partial charge < -0.3 is 9.88 Å². The van der Waals surface area contributed by atoms with E-state index in [-0.39, 0.29) is 18.1 Å². The molecule has 0 fully saturated rings. The number of nitrogens with one attached hydrogen (secondary N) is 1. The SMILES string of the molecule is Cn1ccnc1C(NC(=O)CCn1cncn1)c1ccc(F)cc1. The molecule has 0 radical (unpaired) electrons. The minimum absolute atomic E-state index is 0.150. The molecule has 2 heterocycles. The number of hydrogen-bond donors (Lipinski definition) is 1. The van der Waals surface area contributed by atoms with Gasteiger partial charge >= 0.3 is 0 Å². The number of nitrogens with zero attached hydrogens (tertiary/aromatic N) is 5. The molecule has 0 saturated heterocycles. The number of imidazole rings is 1. The van der Waals surface area contributed by atoms with Gasteiger partial charge in [-0.1, -0.05) is 12.1 Å². The molecule has 8 heteroatoms. The molecule has 24 heavy (non-hydrogen) atoms. The van der Waals surface area contributed by atoms with Crippen molar-refractivity contribution in [2.45, 2.75) is 19.0 Å². The number of amides is 1. The van der Waals surface area contributed by atoms with Gasteiger partial charge in [-0.05, 0) is 17.7 Å². The largest absolute Gasteiger partial charge is 0.342 e. The van der Waals surface area contributed by atoms with E-state index >= 15 is 0 Å². The smallest absolute Gasteiger partial charge is 0.222 e. The molecule has 1 atom stereocenters. The summed E-state index contributed by atoms with van der Waals surface area (Å²) < 4.78 is 16.6. The Morgan fingerprint density at radius 3 is 2.75 bits per heavy atom. The molecule has 1 N–H and O–H groups in total. The van der Waals surface area contributed by atoms with Gasteiger partial charge in [0, 0.05) is 25.9 Å². The first-order chi connectivity index (χ1) is 11.6. The van der Waals surface area contributed by atoms with Gasteiger partial charge in [-0.15, -0.1) is 0 Å². The van der Waals surface area contributed by atoms with Crippen LogP contribution in [0.1, 0.15) is 23.9 Å². The second kappa shape index (κ2) is 7.03. The summed E-state index contributed by atoms with van der Waals surface area (Å²) in [4.78, 5) is 20.5. The van der Waals surface area contributed by atoms with E-state index in [1.54, 1.807) is 35.5 Å². The highest BCUT2D eigenvalue weighted by Crippen LogP contribution is 2.21. The first kappa shape index (κ1) is 15.9. The zero-order chi connectivity index (χ0) is 16.9. The average molecular weight is 328 g/mol. The van der Waals surface area contributed by atoms with E-state index in [0.717, 1.165) is 5.56 Å². The van der Waals surface area contributed by atoms with Crippen LogP contribution >= 0.6 is 0 Å². The van der Waals surface area contributed by atoms with E-state index in [1.165, 1.54) is 18.5 Å². The van der Waals surface area contributed by atoms with Gasteiger partial charge in [0.25, 0.3) is 0 Å². The van der Waals surface area contributed by atoms with Crippen LogP contribution in [-0.4, -0.2) is 30.2 Å². The summed E-state index contributed by atoms with van der Waals surface area (Å²) in [6.07, 6.45) is 6.70. The van der Waals surface area contributed by atoms with Crippen LogP contribution in [0.5, 0.6) is 0 Å². The zero-order valence-electron chi connectivity index (χ0n) is 13.1. The predicted octanol–water partition coefficient (Wildman–Crippen LogP) is 1.45. The zero-order valence-corrected chi connectivity index (χ0v) is 13.1. The van der Waals surface area contributed by atoms with Crippen LogP contribution in [0.4, 0.5) is 4.39 Å². The lowest BCUT2D eigenvalue weighted by atomic mass is 10.1. The Morgan fingerprint density at radius 2 is 2.12 bits per heavy atom. The van der Waals surface area contributed by atoms with Crippen molar-refractivity contribution in [3.8, 4) is 0 Å². The third kappa shape index (κ3) is 3.65. The van der Waals surface area contributed by atoms with Crippen molar-refractivity contribution in [2.75, 3.05) is 0 Å². The minimum Gasteiger partial charge on any atom is -0.342 e. The Morgan fingerprint density at radius 1 is 1.33 bits per heavy atom. The van der Waals surface area contributed by atoms with Gasteiger partial charge in [-0.25, -0.2) is 14.4 Å². The maximum atomic E-state index is 13.2. The lowest BCUT2D eigenvalue weighted by Crippen LogP contribution is -2.31. The summed E-state index contributed by atoms with van der Waals surface area (Å²) >= 11 is 0. The van der Waals surface area contributed by atoms with Gasteiger partial charge in [0.2, 0.25) is 5.91 Å². The van der Waals surface area contributed by atoms with Gasteiger partial charge in [0.05, 0.1) is 6.54 Å². The third-order valence-electron chi connectivity index (χ3n) is 3.66. The number of aromatic nitrogens is 5. The van der Waals surface area contributed by atoms with Crippen molar-refractivity contribution in [2.24, 2.45) is 7.05 Å². The average Bonchev–Trinajstić information content (AvgIpc) is 3.23. The van der Waals surface area contributed by atoms with Crippen LogP contribution in [0.3, 0.4) is 0 Å². The van der Waals surface area contributed by atoms with Gasteiger partial charge in [0.1, 0.15) is 30.3 Å². The van der Waals surface area contributed by atoms with Crippen LogP contribution in [0.25, 0.3) is 0 Å². The van der Waals surface area contributed by atoms with E-state index in [9.17, 15) is 9.18 Å². The molecule has 0 spiro atoms. The highest BCUT2D eigenvalue weighted by molar-refractivity contribution is 5.76. The summed E-state index contributed by atoms with van der Waals surface area (Å²) in [7, 11) is 1.85. The Balaban J connectivity index is 1.76. The van der Waals surface area contributed by atoms with E-state index in [4.69, 9.17) is 0 Å². The molecule has 3 aromatic rings. The fraction of sp³-hybridized carbons (Fsp3) is 0.250. The predicted molar refractivity (Wildman–Crippen MR) is 84.2 cm³/mol. The molecule has 124 valence electrons. The maximum Gasteiger partial charge on any atom is 0.222 e. The lowest BCUT2D eigenvalue weighted by Gasteiger charge is -2.19. The van der Waals surface area contributed by atoms with Crippen LogP contribution in [-0.2, 0) is 18.4 Å². The molecule has 3 rings (SSSR count). The fourth-order valence-corrected chi connectivity index (χ4v) is 2.40. The summed E-state index contributed by atoms with van der Waals surface area (Å²) in [5.41, 5.74) is 0.764. The van der Waals surface area contributed by atoms with Crippen LogP contribution in [0.2, 0.25) is 0 Å². The normalized spacial score (nSPS) is 12.1. The summed E-state index contributed by atoms with van der Waals surface area (Å²) in [5.74, 6) is 0.202. The second-order valence-electron chi connectivity index (χ2n) is 5.36.